The fourth-order valence-corrected chi connectivity index (χ4v) is 2.90. The van der Waals surface area contributed by atoms with E-state index in [1.54, 1.807) is 0 Å². The normalized spacial score (nSPS) is 12.3. The second kappa shape index (κ2) is 5.74. The van der Waals surface area contributed by atoms with Crippen LogP contribution in [0.1, 0.15) is 11.6 Å². The molecule has 0 aliphatic heterocycles. The molecule has 0 fully saturated rings. The molecule has 0 amide bonds. The van der Waals surface area contributed by atoms with Gasteiger partial charge < -0.3 is 9.30 Å². The van der Waals surface area contributed by atoms with E-state index in [4.69, 9.17) is 4.74 Å². The predicted octanol–water partition coefficient (Wildman–Crippen LogP) is 4.17. The maximum absolute atomic E-state index is 12.3. The lowest BCUT2D eigenvalue weighted by molar-refractivity contribution is -0.143. The van der Waals surface area contributed by atoms with E-state index in [1.807, 2.05) is 65.4 Å². The molecule has 3 aromatic rings. The molecule has 1 atom stereocenters. The molecule has 4 heteroatoms. The van der Waals surface area contributed by atoms with Gasteiger partial charge in [-0.1, -0.05) is 46.3 Å². The number of aromatic nitrogens is 1. The molecule has 1 heterocycles. The highest BCUT2D eigenvalue weighted by Crippen LogP contribution is 2.28. The predicted molar refractivity (Wildman–Crippen MR) is 86.2 cm³/mol. The van der Waals surface area contributed by atoms with Crippen LogP contribution in [0, 0.1) is 0 Å². The molecule has 0 radical (unpaired) electrons. The number of carbonyl (C=O) groups excluding carboxylic acids is 1. The first-order chi connectivity index (χ1) is 10.2. The van der Waals surface area contributed by atoms with E-state index in [-0.39, 0.29) is 5.97 Å². The Bertz CT molecular complexity index is 780. The molecule has 2 aromatic carbocycles. The molecule has 0 aliphatic carbocycles. The first kappa shape index (κ1) is 13.9. The summed E-state index contributed by atoms with van der Waals surface area (Å²) in [5.41, 5.74) is 1.90. The van der Waals surface area contributed by atoms with E-state index < -0.39 is 6.04 Å². The van der Waals surface area contributed by atoms with Crippen LogP contribution in [-0.4, -0.2) is 17.6 Å². The molecular weight excluding hydrogens is 330 g/mol. The molecule has 0 spiro atoms. The lowest BCUT2D eigenvalue weighted by Crippen LogP contribution is -2.21. The van der Waals surface area contributed by atoms with Crippen molar-refractivity contribution in [1.29, 1.82) is 0 Å². The standard InChI is InChI=1S/C17H14BrNO2/c1-21-17(20)16(12-5-3-2-4-6-12)19-10-9-13-11-14(18)7-8-15(13)19/h2-11,16H,1H3. The van der Waals surface area contributed by atoms with Gasteiger partial charge in [-0.2, -0.15) is 0 Å². The molecule has 0 aliphatic rings. The SMILES string of the molecule is COC(=O)C(c1ccccc1)n1ccc2cc(Br)ccc21. The number of fused-ring (bicyclic) bond motifs is 1. The van der Waals surface area contributed by atoms with Gasteiger partial charge in [0.25, 0.3) is 0 Å². The van der Waals surface area contributed by atoms with Crippen molar-refractivity contribution in [1.82, 2.24) is 4.57 Å². The van der Waals surface area contributed by atoms with Gasteiger partial charge in [0.05, 0.1) is 7.11 Å². The molecular formula is C17H14BrNO2. The highest BCUT2D eigenvalue weighted by atomic mass is 79.9. The minimum absolute atomic E-state index is 0.276. The molecule has 0 N–H and O–H groups in total. The summed E-state index contributed by atoms with van der Waals surface area (Å²) in [6.07, 6.45) is 1.92. The van der Waals surface area contributed by atoms with Crippen LogP contribution in [0.5, 0.6) is 0 Å². The molecule has 3 nitrogen and oxygen atoms in total. The number of ether oxygens (including phenoxy) is 1. The highest BCUT2D eigenvalue weighted by Gasteiger charge is 2.24. The van der Waals surface area contributed by atoms with E-state index in [0.717, 1.165) is 20.9 Å². The number of halogens is 1. The van der Waals surface area contributed by atoms with Crippen LogP contribution < -0.4 is 0 Å². The van der Waals surface area contributed by atoms with Crippen LogP contribution in [0.4, 0.5) is 0 Å². The van der Waals surface area contributed by atoms with Crippen molar-refractivity contribution in [3.8, 4) is 0 Å². The third-order valence-electron chi connectivity index (χ3n) is 3.50. The number of hydrogen-bond donors (Lipinski definition) is 0. The number of esters is 1. The molecule has 1 unspecified atom stereocenters. The number of benzene rings is 2. The van der Waals surface area contributed by atoms with Gasteiger partial charge >= 0.3 is 5.97 Å². The summed E-state index contributed by atoms with van der Waals surface area (Å²) < 4.78 is 7.96. The third kappa shape index (κ3) is 2.59. The Kier molecular flexibility index (Phi) is 3.80. The van der Waals surface area contributed by atoms with Crippen molar-refractivity contribution in [2.75, 3.05) is 7.11 Å². The van der Waals surface area contributed by atoms with Gasteiger partial charge in [0, 0.05) is 21.6 Å². The number of carbonyl (C=O) groups is 1. The maximum Gasteiger partial charge on any atom is 0.333 e. The minimum Gasteiger partial charge on any atom is -0.467 e. The molecule has 3 rings (SSSR count). The van der Waals surface area contributed by atoms with Crippen molar-refractivity contribution in [2.24, 2.45) is 0 Å². The van der Waals surface area contributed by atoms with Gasteiger partial charge in [-0.3, -0.25) is 0 Å². The van der Waals surface area contributed by atoms with Crippen LogP contribution in [-0.2, 0) is 9.53 Å². The van der Waals surface area contributed by atoms with E-state index in [0.29, 0.717) is 0 Å². The summed E-state index contributed by atoms with van der Waals surface area (Å²) >= 11 is 3.47. The van der Waals surface area contributed by atoms with E-state index in [2.05, 4.69) is 15.9 Å². The molecule has 21 heavy (non-hydrogen) atoms. The molecule has 0 saturated carbocycles. The molecule has 1 aromatic heterocycles. The number of nitrogens with zero attached hydrogens (tertiary/aromatic N) is 1. The Balaban J connectivity index is 2.17. The smallest absolute Gasteiger partial charge is 0.333 e. The van der Waals surface area contributed by atoms with Crippen LogP contribution >= 0.6 is 15.9 Å². The van der Waals surface area contributed by atoms with Crippen LogP contribution in [0.3, 0.4) is 0 Å². The fraction of sp³-hybridized carbons (Fsp3) is 0.118. The molecule has 0 saturated heterocycles. The summed E-state index contributed by atoms with van der Waals surface area (Å²) in [7, 11) is 1.42. The van der Waals surface area contributed by atoms with Crippen LogP contribution in [0.15, 0.2) is 65.3 Å². The summed E-state index contributed by atoms with van der Waals surface area (Å²) in [6, 6.07) is 17.2. The monoisotopic (exact) mass is 343 g/mol. The van der Waals surface area contributed by atoms with E-state index in [1.165, 1.54) is 7.11 Å². The Morgan fingerprint density at radius 3 is 2.62 bits per heavy atom. The van der Waals surface area contributed by atoms with Gasteiger partial charge in [-0.15, -0.1) is 0 Å². The van der Waals surface area contributed by atoms with Crippen molar-refractivity contribution in [2.45, 2.75) is 6.04 Å². The zero-order valence-electron chi connectivity index (χ0n) is 11.5. The highest BCUT2D eigenvalue weighted by molar-refractivity contribution is 9.10. The Morgan fingerprint density at radius 1 is 1.14 bits per heavy atom. The van der Waals surface area contributed by atoms with Gasteiger partial charge in [0.15, 0.2) is 6.04 Å². The Hall–Kier alpha value is -2.07. The van der Waals surface area contributed by atoms with Crippen molar-refractivity contribution < 1.29 is 9.53 Å². The lowest BCUT2D eigenvalue weighted by Gasteiger charge is -2.18. The van der Waals surface area contributed by atoms with Gasteiger partial charge in [0.1, 0.15) is 0 Å². The lowest BCUT2D eigenvalue weighted by atomic mass is 10.1. The second-order valence-electron chi connectivity index (χ2n) is 4.76. The van der Waals surface area contributed by atoms with Gasteiger partial charge in [-0.05, 0) is 29.8 Å². The van der Waals surface area contributed by atoms with E-state index >= 15 is 0 Å². The maximum atomic E-state index is 12.3. The van der Waals surface area contributed by atoms with Crippen molar-refractivity contribution in [3.63, 3.8) is 0 Å². The molecule has 0 bridgehead atoms. The van der Waals surface area contributed by atoms with E-state index in [9.17, 15) is 4.79 Å². The zero-order valence-corrected chi connectivity index (χ0v) is 13.1. The minimum atomic E-state index is -0.477. The van der Waals surface area contributed by atoms with Crippen LogP contribution in [0.2, 0.25) is 0 Å². The average molecular weight is 344 g/mol. The summed E-state index contributed by atoms with van der Waals surface area (Å²) in [5.74, 6) is -0.276. The summed E-state index contributed by atoms with van der Waals surface area (Å²) in [5, 5.41) is 1.08. The topological polar surface area (TPSA) is 31.2 Å². The number of methoxy groups -OCH3 is 1. The first-order valence-electron chi connectivity index (χ1n) is 6.59. The quantitative estimate of drug-likeness (QED) is 0.668. The average Bonchev–Trinajstić information content (AvgIpc) is 2.91. The van der Waals surface area contributed by atoms with Crippen LogP contribution in [0.25, 0.3) is 10.9 Å². The molecule has 106 valence electrons. The third-order valence-corrected chi connectivity index (χ3v) is 3.99. The Labute approximate surface area is 131 Å². The number of hydrogen-bond acceptors (Lipinski definition) is 2. The zero-order chi connectivity index (χ0) is 14.8. The van der Waals surface area contributed by atoms with Gasteiger partial charge in [-0.25, -0.2) is 4.79 Å². The fourth-order valence-electron chi connectivity index (χ4n) is 2.52. The second-order valence-corrected chi connectivity index (χ2v) is 5.68. The summed E-state index contributed by atoms with van der Waals surface area (Å²) in [4.78, 5) is 12.3. The first-order valence-corrected chi connectivity index (χ1v) is 7.39. The van der Waals surface area contributed by atoms with Gasteiger partial charge in [0.2, 0.25) is 0 Å². The Morgan fingerprint density at radius 2 is 1.90 bits per heavy atom. The largest absolute Gasteiger partial charge is 0.467 e. The number of rotatable bonds is 3. The van der Waals surface area contributed by atoms with Crippen molar-refractivity contribution >= 4 is 32.8 Å². The summed E-state index contributed by atoms with van der Waals surface area (Å²) in [6.45, 7) is 0. The van der Waals surface area contributed by atoms with Crippen molar-refractivity contribution in [3.05, 3.63) is 70.8 Å².